The molecule has 4 nitrogen and oxygen atoms in total. The van der Waals surface area contributed by atoms with Gasteiger partial charge in [0.05, 0.1) is 0 Å². The van der Waals surface area contributed by atoms with E-state index in [0.717, 1.165) is 5.56 Å². The van der Waals surface area contributed by atoms with E-state index >= 15 is 0 Å². The van der Waals surface area contributed by atoms with Gasteiger partial charge in [-0.05, 0) is 23.8 Å². The maximum absolute atomic E-state index is 9.64. The topological polar surface area (TPSA) is 80.9 Å². The lowest BCUT2D eigenvalue weighted by Gasteiger charge is -2.07. The molecule has 0 aliphatic heterocycles. The molecule has 0 atom stereocenters. The number of rotatable bonds is 2. The molecule has 4 N–H and O–H groups in total. The number of phenolic OH excluding ortho intramolecular Hbond substituents is 4. The summed E-state index contributed by atoms with van der Waals surface area (Å²) in [5, 5.41) is 37.5. The minimum absolute atomic E-state index is 0.144. The number of hydrogen-bond donors (Lipinski definition) is 4. The molecule has 2 aromatic carbocycles. The minimum atomic E-state index is -0.525. The van der Waals surface area contributed by atoms with E-state index in [-0.39, 0.29) is 17.2 Å². The van der Waals surface area contributed by atoms with E-state index in [1.165, 1.54) is 12.1 Å². The van der Waals surface area contributed by atoms with Crippen molar-refractivity contribution in [3.63, 3.8) is 0 Å². The van der Waals surface area contributed by atoms with Crippen molar-refractivity contribution in [3.8, 4) is 23.0 Å². The Bertz CT molecular complexity index is 549. The first-order valence-electron chi connectivity index (χ1n) is 5.08. The molecule has 88 valence electrons. The Kier molecular flexibility index (Phi) is 2.78. The molecule has 0 radical (unpaired) electrons. The van der Waals surface area contributed by atoms with E-state index < -0.39 is 5.75 Å². The maximum atomic E-state index is 9.64. The predicted octanol–water partition coefficient (Wildman–Crippen LogP) is 2.10. The average Bonchev–Trinajstić information content (AvgIpc) is 2.30. The molecule has 0 bridgehead atoms. The number of benzene rings is 2. The smallest absolute Gasteiger partial charge is 0.200 e. The SMILES string of the molecule is Oc1cccc(Cc2ccc(O)c(O)c2O)c1. The summed E-state index contributed by atoms with van der Waals surface area (Å²) in [6, 6.07) is 9.45. The second kappa shape index (κ2) is 4.25. The summed E-state index contributed by atoms with van der Waals surface area (Å²) in [4.78, 5) is 0. The van der Waals surface area contributed by atoms with Crippen LogP contribution in [-0.4, -0.2) is 20.4 Å². The molecule has 0 fully saturated rings. The van der Waals surface area contributed by atoms with E-state index in [1.807, 2.05) is 0 Å². The zero-order valence-electron chi connectivity index (χ0n) is 8.96. The van der Waals surface area contributed by atoms with Crippen molar-refractivity contribution >= 4 is 0 Å². The third kappa shape index (κ3) is 2.25. The van der Waals surface area contributed by atoms with Gasteiger partial charge in [-0.3, -0.25) is 0 Å². The molecule has 0 saturated heterocycles. The van der Waals surface area contributed by atoms with E-state index in [4.69, 9.17) is 0 Å². The van der Waals surface area contributed by atoms with Crippen LogP contribution < -0.4 is 0 Å². The molecule has 4 heteroatoms. The van der Waals surface area contributed by atoms with Gasteiger partial charge in [0.15, 0.2) is 11.5 Å². The fourth-order valence-corrected chi connectivity index (χ4v) is 1.64. The molecular weight excluding hydrogens is 220 g/mol. The standard InChI is InChI=1S/C13H12O4/c14-10-3-1-2-8(7-10)6-9-4-5-11(15)13(17)12(9)16/h1-5,7,14-17H,6H2. The van der Waals surface area contributed by atoms with Gasteiger partial charge < -0.3 is 20.4 Å². The molecule has 17 heavy (non-hydrogen) atoms. The highest BCUT2D eigenvalue weighted by atomic mass is 16.3. The van der Waals surface area contributed by atoms with Crippen LogP contribution in [0.3, 0.4) is 0 Å². The van der Waals surface area contributed by atoms with Gasteiger partial charge in [0.2, 0.25) is 5.75 Å². The Balaban J connectivity index is 2.34. The second-order valence-corrected chi connectivity index (χ2v) is 3.79. The van der Waals surface area contributed by atoms with Crippen molar-refractivity contribution in [2.75, 3.05) is 0 Å². The lowest BCUT2D eigenvalue weighted by molar-refractivity contribution is 0.365. The molecule has 0 amide bonds. The van der Waals surface area contributed by atoms with Gasteiger partial charge in [0.25, 0.3) is 0 Å². The summed E-state index contributed by atoms with van der Waals surface area (Å²) in [7, 11) is 0. The Labute approximate surface area is 98.0 Å². The monoisotopic (exact) mass is 232 g/mol. The van der Waals surface area contributed by atoms with Crippen molar-refractivity contribution in [3.05, 3.63) is 47.5 Å². The van der Waals surface area contributed by atoms with Gasteiger partial charge in [0.1, 0.15) is 5.75 Å². The third-order valence-corrected chi connectivity index (χ3v) is 2.52. The Morgan fingerprint density at radius 1 is 0.824 bits per heavy atom. The van der Waals surface area contributed by atoms with Gasteiger partial charge in [-0.25, -0.2) is 0 Å². The predicted molar refractivity (Wildman–Crippen MR) is 62.3 cm³/mol. The van der Waals surface area contributed by atoms with Crippen molar-refractivity contribution in [1.29, 1.82) is 0 Å². The highest BCUT2D eigenvalue weighted by Gasteiger charge is 2.11. The van der Waals surface area contributed by atoms with Crippen LogP contribution in [0.2, 0.25) is 0 Å². The van der Waals surface area contributed by atoms with Crippen molar-refractivity contribution in [2.45, 2.75) is 6.42 Å². The molecule has 0 heterocycles. The van der Waals surface area contributed by atoms with Crippen LogP contribution in [0.4, 0.5) is 0 Å². The summed E-state index contributed by atoms with van der Waals surface area (Å²) in [5.41, 5.74) is 1.27. The maximum Gasteiger partial charge on any atom is 0.200 e. The fourth-order valence-electron chi connectivity index (χ4n) is 1.64. The third-order valence-electron chi connectivity index (χ3n) is 2.52. The van der Waals surface area contributed by atoms with Crippen LogP contribution in [0.15, 0.2) is 36.4 Å². The number of hydrogen-bond acceptors (Lipinski definition) is 4. The minimum Gasteiger partial charge on any atom is -0.508 e. The highest BCUT2D eigenvalue weighted by molar-refractivity contribution is 5.54. The summed E-state index contributed by atoms with van der Waals surface area (Å²) < 4.78 is 0. The lowest BCUT2D eigenvalue weighted by atomic mass is 10.0. The van der Waals surface area contributed by atoms with Gasteiger partial charge >= 0.3 is 0 Å². The van der Waals surface area contributed by atoms with Crippen molar-refractivity contribution < 1.29 is 20.4 Å². The largest absolute Gasteiger partial charge is 0.508 e. The van der Waals surface area contributed by atoms with Gasteiger partial charge in [-0.2, -0.15) is 0 Å². The van der Waals surface area contributed by atoms with E-state index in [2.05, 4.69) is 0 Å². The first kappa shape index (κ1) is 11.1. The van der Waals surface area contributed by atoms with Crippen LogP contribution in [0, 0.1) is 0 Å². The molecule has 0 aliphatic carbocycles. The van der Waals surface area contributed by atoms with Crippen LogP contribution in [0.5, 0.6) is 23.0 Å². The molecule has 2 rings (SSSR count). The summed E-state index contributed by atoms with van der Waals surface area (Å²) in [6.45, 7) is 0. The average molecular weight is 232 g/mol. The molecule has 0 saturated carbocycles. The molecule has 2 aromatic rings. The fraction of sp³-hybridized carbons (Fsp3) is 0.0769. The quantitative estimate of drug-likeness (QED) is 0.598. The lowest BCUT2D eigenvalue weighted by Crippen LogP contribution is -1.89. The molecule has 0 aromatic heterocycles. The van der Waals surface area contributed by atoms with Crippen LogP contribution >= 0.6 is 0 Å². The Hall–Kier alpha value is -2.36. The number of phenols is 4. The first-order valence-corrected chi connectivity index (χ1v) is 5.08. The summed E-state index contributed by atoms with van der Waals surface area (Å²) in [6.07, 6.45) is 0.355. The zero-order chi connectivity index (χ0) is 12.4. The van der Waals surface area contributed by atoms with E-state index in [9.17, 15) is 20.4 Å². The van der Waals surface area contributed by atoms with Gasteiger partial charge in [-0.1, -0.05) is 18.2 Å². The van der Waals surface area contributed by atoms with Crippen LogP contribution in [0.25, 0.3) is 0 Å². The van der Waals surface area contributed by atoms with Crippen LogP contribution in [-0.2, 0) is 6.42 Å². The molecule has 0 aliphatic rings. The number of aromatic hydroxyl groups is 4. The normalized spacial score (nSPS) is 10.4. The van der Waals surface area contributed by atoms with Crippen molar-refractivity contribution in [2.24, 2.45) is 0 Å². The van der Waals surface area contributed by atoms with Gasteiger partial charge in [-0.15, -0.1) is 0 Å². The molecular formula is C13H12O4. The Morgan fingerprint density at radius 3 is 2.29 bits per heavy atom. The van der Waals surface area contributed by atoms with Crippen LogP contribution in [0.1, 0.15) is 11.1 Å². The van der Waals surface area contributed by atoms with E-state index in [1.54, 1.807) is 24.3 Å². The zero-order valence-corrected chi connectivity index (χ0v) is 8.96. The molecule has 0 unspecified atom stereocenters. The highest BCUT2D eigenvalue weighted by Crippen LogP contribution is 2.37. The summed E-state index contributed by atoms with van der Waals surface area (Å²) in [5.74, 6) is -1.08. The molecule has 0 spiro atoms. The first-order chi connectivity index (χ1) is 8.08. The second-order valence-electron chi connectivity index (χ2n) is 3.79. The van der Waals surface area contributed by atoms with E-state index in [0.29, 0.717) is 12.0 Å². The van der Waals surface area contributed by atoms with Crippen molar-refractivity contribution in [1.82, 2.24) is 0 Å². The Morgan fingerprint density at radius 2 is 1.59 bits per heavy atom. The van der Waals surface area contributed by atoms with Gasteiger partial charge in [0, 0.05) is 12.0 Å². The summed E-state index contributed by atoms with van der Waals surface area (Å²) >= 11 is 0.